The highest BCUT2D eigenvalue weighted by atomic mass is 35.5. The lowest BCUT2D eigenvalue weighted by atomic mass is 9.97. The number of amides is 1. The predicted octanol–water partition coefficient (Wildman–Crippen LogP) is 6.99. The molecule has 1 aliphatic rings. The van der Waals surface area contributed by atoms with Crippen LogP contribution in [0.1, 0.15) is 25.3 Å². The number of nitrogens with one attached hydrogen (secondary N) is 2. The maximum Gasteiger partial charge on any atom is 0.411 e. The molecule has 0 bridgehead atoms. The molecule has 0 aliphatic carbocycles. The number of imidazole rings is 1. The first-order valence-corrected chi connectivity index (χ1v) is 13.4. The molecular formula is C26H27Cl2F6N5O2. The molecule has 7 nitrogen and oxygen atoms in total. The summed E-state index contributed by atoms with van der Waals surface area (Å²) in [6, 6.07) is 8.18. The largest absolute Gasteiger partial charge is 0.411 e. The van der Waals surface area contributed by atoms with E-state index >= 15 is 0 Å². The van der Waals surface area contributed by atoms with Crippen LogP contribution in [0.3, 0.4) is 0 Å². The van der Waals surface area contributed by atoms with Gasteiger partial charge in [0.25, 0.3) is 0 Å². The molecule has 2 heterocycles. The second kappa shape index (κ2) is 12.1. The maximum absolute atomic E-state index is 13.4. The summed E-state index contributed by atoms with van der Waals surface area (Å²) in [5, 5.41) is 6.26. The van der Waals surface area contributed by atoms with Gasteiger partial charge in [0.1, 0.15) is 12.7 Å². The normalized spacial score (nSPS) is 17.1. The molecule has 2 unspecified atom stereocenters. The van der Waals surface area contributed by atoms with E-state index in [1.807, 2.05) is 0 Å². The van der Waals surface area contributed by atoms with E-state index in [2.05, 4.69) is 20.4 Å². The Labute approximate surface area is 241 Å². The molecule has 2 atom stereocenters. The van der Waals surface area contributed by atoms with Gasteiger partial charge in [-0.1, -0.05) is 29.3 Å². The minimum absolute atomic E-state index is 0.000658. The fraction of sp³-hybridized carbons (Fsp3) is 0.462. The Kier molecular flexibility index (Phi) is 9.19. The Hall–Kier alpha value is -2.90. The van der Waals surface area contributed by atoms with E-state index in [1.54, 1.807) is 46.8 Å². The van der Waals surface area contributed by atoms with E-state index in [-0.39, 0.29) is 24.5 Å². The van der Waals surface area contributed by atoms with Gasteiger partial charge < -0.3 is 24.8 Å². The van der Waals surface area contributed by atoms with E-state index in [4.69, 9.17) is 23.2 Å². The molecular weight excluding hydrogens is 599 g/mol. The van der Waals surface area contributed by atoms with Crippen molar-refractivity contribution in [3.8, 4) is 0 Å². The average molecular weight is 626 g/mol. The molecule has 2 N–H and O–H groups in total. The van der Waals surface area contributed by atoms with Crippen molar-refractivity contribution >= 4 is 57.5 Å². The van der Waals surface area contributed by atoms with Gasteiger partial charge in [0.15, 0.2) is 0 Å². The lowest BCUT2D eigenvalue weighted by Crippen LogP contribution is -2.41. The lowest BCUT2D eigenvalue weighted by Gasteiger charge is -2.35. The standard InChI is InChI=1S/C26H27Cl2F6N5O2/c1-14(41-13-25(29,30)31)23(40)35-11-15-5-6-17(27)19(8-15)36-24-37-20-9-18(28)21(10-22(20)38(24)2)39-7-3-4-16(12-39)26(32,33)34/h5-6,8-10,14,16H,3-4,7,11-13H2,1-2H3,(H,35,40)(H,36,37). The van der Waals surface area contributed by atoms with Crippen molar-refractivity contribution in [3.63, 3.8) is 0 Å². The Balaban J connectivity index is 1.49. The van der Waals surface area contributed by atoms with E-state index < -0.39 is 36.9 Å². The summed E-state index contributed by atoms with van der Waals surface area (Å²) < 4.78 is 83.3. The third-order valence-corrected chi connectivity index (χ3v) is 7.42. The van der Waals surface area contributed by atoms with Crippen LogP contribution in [0.25, 0.3) is 11.0 Å². The van der Waals surface area contributed by atoms with E-state index in [0.29, 0.717) is 51.9 Å². The Morgan fingerprint density at radius 3 is 2.56 bits per heavy atom. The number of benzene rings is 2. The van der Waals surface area contributed by atoms with Crippen LogP contribution in [0.2, 0.25) is 10.0 Å². The number of hydrogen-bond acceptors (Lipinski definition) is 5. The summed E-state index contributed by atoms with van der Waals surface area (Å²) >= 11 is 12.8. The summed E-state index contributed by atoms with van der Waals surface area (Å²) in [7, 11) is 1.73. The lowest BCUT2D eigenvalue weighted by molar-refractivity contribution is -0.185. The molecule has 15 heteroatoms. The number of nitrogens with zero attached hydrogens (tertiary/aromatic N) is 3. The van der Waals surface area contributed by atoms with E-state index in [9.17, 15) is 31.1 Å². The first-order chi connectivity index (χ1) is 19.1. The number of fused-ring (bicyclic) bond motifs is 1. The van der Waals surface area contributed by atoms with Gasteiger partial charge in [0.2, 0.25) is 11.9 Å². The number of alkyl halides is 6. The van der Waals surface area contributed by atoms with Crippen molar-refractivity contribution in [3.05, 3.63) is 45.9 Å². The Morgan fingerprint density at radius 1 is 1.15 bits per heavy atom. The molecule has 1 aliphatic heterocycles. The van der Waals surface area contributed by atoms with Crippen molar-refractivity contribution in [1.29, 1.82) is 0 Å². The molecule has 0 saturated carbocycles. The van der Waals surface area contributed by atoms with Gasteiger partial charge >= 0.3 is 12.4 Å². The smallest absolute Gasteiger partial charge is 0.370 e. The minimum atomic E-state index is -4.54. The minimum Gasteiger partial charge on any atom is -0.370 e. The molecule has 0 spiro atoms. The molecule has 2 aromatic carbocycles. The molecule has 4 rings (SSSR count). The van der Waals surface area contributed by atoms with Crippen molar-refractivity contribution in [2.75, 3.05) is 29.9 Å². The van der Waals surface area contributed by atoms with Crippen LogP contribution >= 0.6 is 23.2 Å². The number of rotatable bonds is 8. The molecule has 1 saturated heterocycles. The summed E-state index contributed by atoms with van der Waals surface area (Å²) in [4.78, 5) is 18.3. The number of carbonyl (C=O) groups excluding carboxylic acids is 1. The zero-order chi connectivity index (χ0) is 30.1. The first-order valence-electron chi connectivity index (χ1n) is 12.6. The monoisotopic (exact) mass is 625 g/mol. The number of anilines is 3. The van der Waals surface area contributed by atoms with Crippen molar-refractivity contribution in [2.24, 2.45) is 13.0 Å². The van der Waals surface area contributed by atoms with Crippen molar-refractivity contribution < 1.29 is 35.9 Å². The number of halogens is 8. The quantitative estimate of drug-likeness (QED) is 0.264. The Morgan fingerprint density at radius 2 is 1.88 bits per heavy atom. The van der Waals surface area contributed by atoms with Gasteiger partial charge in [-0.05, 0) is 49.6 Å². The van der Waals surface area contributed by atoms with Gasteiger partial charge in [0, 0.05) is 26.7 Å². The number of aryl methyl sites for hydroxylation is 1. The first kappa shape index (κ1) is 31.0. The summed E-state index contributed by atoms with van der Waals surface area (Å²) in [5.41, 5.74) is 2.68. The number of hydrogen-bond donors (Lipinski definition) is 2. The van der Waals surface area contributed by atoms with Crippen LogP contribution in [-0.4, -0.2) is 53.6 Å². The zero-order valence-electron chi connectivity index (χ0n) is 22.0. The van der Waals surface area contributed by atoms with Crippen LogP contribution in [0, 0.1) is 5.92 Å². The molecule has 3 aromatic rings. The molecule has 0 radical (unpaired) electrons. The molecule has 41 heavy (non-hydrogen) atoms. The maximum atomic E-state index is 13.4. The summed E-state index contributed by atoms with van der Waals surface area (Å²) in [6.07, 6.45) is -9.66. The third-order valence-electron chi connectivity index (χ3n) is 6.78. The second-order valence-electron chi connectivity index (χ2n) is 9.84. The molecule has 1 aromatic heterocycles. The van der Waals surface area contributed by atoms with Gasteiger partial charge in [-0.25, -0.2) is 4.98 Å². The highest BCUT2D eigenvalue weighted by Gasteiger charge is 2.42. The van der Waals surface area contributed by atoms with Gasteiger partial charge in [-0.3, -0.25) is 4.79 Å². The number of piperidine rings is 1. The summed E-state index contributed by atoms with van der Waals surface area (Å²) in [6.45, 7) is -0.0375. The fourth-order valence-electron chi connectivity index (χ4n) is 4.55. The number of aromatic nitrogens is 2. The van der Waals surface area contributed by atoms with Gasteiger partial charge in [-0.2, -0.15) is 26.3 Å². The number of carbonyl (C=O) groups is 1. The van der Waals surface area contributed by atoms with Crippen LogP contribution in [-0.2, 0) is 23.1 Å². The zero-order valence-corrected chi connectivity index (χ0v) is 23.5. The molecule has 1 fully saturated rings. The topological polar surface area (TPSA) is 71.4 Å². The van der Waals surface area contributed by atoms with Crippen LogP contribution in [0.4, 0.5) is 43.7 Å². The third kappa shape index (κ3) is 7.69. The van der Waals surface area contributed by atoms with E-state index in [0.717, 1.165) is 0 Å². The predicted molar refractivity (Wildman–Crippen MR) is 145 cm³/mol. The van der Waals surface area contributed by atoms with Crippen LogP contribution in [0.5, 0.6) is 0 Å². The van der Waals surface area contributed by atoms with Crippen LogP contribution < -0.4 is 15.5 Å². The average Bonchev–Trinajstić information content (AvgIpc) is 3.19. The highest BCUT2D eigenvalue weighted by Crippen LogP contribution is 2.39. The molecule has 224 valence electrons. The fourth-order valence-corrected chi connectivity index (χ4v) is 4.99. The van der Waals surface area contributed by atoms with Crippen LogP contribution in [0.15, 0.2) is 30.3 Å². The van der Waals surface area contributed by atoms with Crippen molar-refractivity contribution in [2.45, 2.75) is 44.8 Å². The number of ether oxygens (including phenoxy) is 1. The van der Waals surface area contributed by atoms with E-state index in [1.165, 1.54) is 6.92 Å². The molecule has 1 amide bonds. The van der Waals surface area contributed by atoms with Crippen molar-refractivity contribution in [1.82, 2.24) is 14.9 Å². The SMILES string of the molecule is CC(OCC(F)(F)F)C(=O)NCc1ccc(Cl)c(Nc2nc3cc(Cl)c(N4CCCC(C(F)(F)F)C4)cc3n2C)c1. The summed E-state index contributed by atoms with van der Waals surface area (Å²) in [5.74, 6) is -1.77. The Bertz CT molecular complexity index is 1410. The van der Waals surface area contributed by atoms with Gasteiger partial charge in [0.05, 0.1) is 38.4 Å². The highest BCUT2D eigenvalue weighted by molar-refractivity contribution is 6.34. The van der Waals surface area contributed by atoms with Gasteiger partial charge in [-0.15, -0.1) is 0 Å². The second-order valence-corrected chi connectivity index (χ2v) is 10.7.